The minimum absolute atomic E-state index is 0.177. The van der Waals surface area contributed by atoms with E-state index in [0.29, 0.717) is 0 Å². The molecule has 0 atom stereocenters. The Hall–Kier alpha value is -1.56. The summed E-state index contributed by atoms with van der Waals surface area (Å²) in [5.74, 6) is 0. The van der Waals surface area contributed by atoms with Gasteiger partial charge in [-0.3, -0.25) is 0 Å². The maximum atomic E-state index is 2.38. The van der Waals surface area contributed by atoms with Gasteiger partial charge in [0.1, 0.15) is 0 Å². The maximum absolute atomic E-state index is 2.38. The Bertz CT molecular complexity index is 588. The van der Waals surface area contributed by atoms with Crippen molar-refractivity contribution in [2.75, 3.05) is 0 Å². The Morgan fingerprint density at radius 3 is 1.13 bits per heavy atom. The van der Waals surface area contributed by atoms with E-state index in [2.05, 4.69) is 74.5 Å². The Balaban J connectivity index is 2.09. The minimum atomic E-state index is 0.177. The summed E-state index contributed by atoms with van der Waals surface area (Å²) in [5.41, 5.74) is 3.22. The van der Waals surface area contributed by atoms with Crippen molar-refractivity contribution < 1.29 is 0 Å². The first kappa shape index (κ1) is 24.7. The van der Waals surface area contributed by atoms with Crippen LogP contribution in [0.15, 0.2) is 60.7 Å². The van der Waals surface area contributed by atoms with E-state index >= 15 is 0 Å². The molecule has 0 saturated carbocycles. The van der Waals surface area contributed by atoms with E-state index in [4.69, 9.17) is 0 Å². The van der Waals surface area contributed by atoms with Gasteiger partial charge in [-0.05, 0) is 24.0 Å². The Morgan fingerprint density at radius 1 is 0.433 bits per heavy atom. The van der Waals surface area contributed by atoms with Crippen LogP contribution in [0.2, 0.25) is 0 Å². The largest absolute Gasteiger partial charge is 0.0654 e. The first-order chi connectivity index (χ1) is 14.8. The zero-order chi connectivity index (χ0) is 21.3. The molecule has 166 valence electrons. The molecule has 0 unspecified atom stereocenters. The second-order valence-electron chi connectivity index (χ2n) is 9.20. The summed E-state index contributed by atoms with van der Waals surface area (Å²) in [6.07, 6.45) is 20.5. The van der Waals surface area contributed by atoms with E-state index in [-0.39, 0.29) is 5.41 Å². The molecule has 0 bridgehead atoms. The molecule has 0 nitrogen and oxygen atoms in total. The third kappa shape index (κ3) is 8.29. The highest BCUT2D eigenvalue weighted by Gasteiger charge is 2.32. The van der Waals surface area contributed by atoms with Crippen LogP contribution in [0.3, 0.4) is 0 Å². The molecule has 2 aromatic rings. The predicted molar refractivity (Wildman–Crippen MR) is 134 cm³/mol. The molecule has 0 spiro atoms. The standard InChI is InChI=1S/C30H46/c1-3-5-7-9-11-13-21-27-30(28-22-16-14-17-23-28,29-24-18-15-19-25-29)26-20-12-10-8-6-4-2/h14-19,22-25H,3-13,20-21,26-27H2,1-2H3. The minimum Gasteiger partial charge on any atom is -0.0654 e. The fourth-order valence-electron chi connectivity index (χ4n) is 4.97. The Morgan fingerprint density at radius 2 is 0.767 bits per heavy atom. The zero-order valence-corrected chi connectivity index (χ0v) is 19.9. The van der Waals surface area contributed by atoms with Crippen molar-refractivity contribution in [2.24, 2.45) is 0 Å². The van der Waals surface area contributed by atoms with Gasteiger partial charge in [0.15, 0.2) is 0 Å². The number of hydrogen-bond acceptors (Lipinski definition) is 0. The molecule has 0 amide bonds. The molecule has 2 rings (SSSR count). The molecule has 0 heterocycles. The van der Waals surface area contributed by atoms with Crippen molar-refractivity contribution >= 4 is 0 Å². The SMILES string of the molecule is CCCCCCCCCC(CCCCCCCC)(c1ccccc1)c1ccccc1. The van der Waals surface area contributed by atoms with Gasteiger partial charge in [-0.25, -0.2) is 0 Å². The highest BCUT2D eigenvalue weighted by molar-refractivity contribution is 5.39. The van der Waals surface area contributed by atoms with Crippen LogP contribution in [0.25, 0.3) is 0 Å². The fraction of sp³-hybridized carbons (Fsp3) is 0.600. The van der Waals surface area contributed by atoms with Gasteiger partial charge in [-0.2, -0.15) is 0 Å². The summed E-state index contributed by atoms with van der Waals surface area (Å²) >= 11 is 0. The first-order valence-corrected chi connectivity index (χ1v) is 12.9. The van der Waals surface area contributed by atoms with Crippen molar-refractivity contribution in [1.82, 2.24) is 0 Å². The molecule has 2 aromatic carbocycles. The van der Waals surface area contributed by atoms with Gasteiger partial charge in [0.25, 0.3) is 0 Å². The highest BCUT2D eigenvalue weighted by atomic mass is 14.4. The topological polar surface area (TPSA) is 0 Å². The summed E-state index contributed by atoms with van der Waals surface area (Å²) in [6, 6.07) is 22.8. The normalized spacial score (nSPS) is 11.7. The van der Waals surface area contributed by atoms with Crippen LogP contribution in [-0.2, 0) is 5.41 Å². The van der Waals surface area contributed by atoms with Gasteiger partial charge in [0.2, 0.25) is 0 Å². The van der Waals surface area contributed by atoms with Crippen LogP contribution in [-0.4, -0.2) is 0 Å². The monoisotopic (exact) mass is 406 g/mol. The van der Waals surface area contributed by atoms with Crippen molar-refractivity contribution in [3.63, 3.8) is 0 Å². The summed E-state index contributed by atoms with van der Waals surface area (Å²) in [7, 11) is 0. The quantitative estimate of drug-likeness (QED) is 0.229. The van der Waals surface area contributed by atoms with Crippen LogP contribution in [0, 0.1) is 0 Å². The lowest BCUT2D eigenvalue weighted by molar-refractivity contribution is 0.390. The molecular weight excluding hydrogens is 360 g/mol. The summed E-state index contributed by atoms with van der Waals surface area (Å²) in [5, 5.41) is 0. The third-order valence-corrected chi connectivity index (χ3v) is 6.82. The van der Waals surface area contributed by atoms with E-state index in [1.54, 1.807) is 0 Å². The molecule has 30 heavy (non-hydrogen) atoms. The van der Waals surface area contributed by atoms with Gasteiger partial charge in [0.05, 0.1) is 0 Å². The van der Waals surface area contributed by atoms with E-state index in [1.165, 1.54) is 107 Å². The van der Waals surface area contributed by atoms with E-state index < -0.39 is 0 Å². The number of unbranched alkanes of at least 4 members (excludes halogenated alkanes) is 11. The zero-order valence-electron chi connectivity index (χ0n) is 19.9. The summed E-state index contributed by atoms with van der Waals surface area (Å²) in [4.78, 5) is 0. The Labute approximate surface area is 187 Å². The molecule has 0 fully saturated rings. The van der Waals surface area contributed by atoms with Gasteiger partial charge in [0, 0.05) is 5.41 Å². The average molecular weight is 407 g/mol. The second-order valence-corrected chi connectivity index (χ2v) is 9.20. The van der Waals surface area contributed by atoms with E-state index in [1.807, 2.05) is 0 Å². The molecular formula is C30H46. The van der Waals surface area contributed by atoms with Crippen molar-refractivity contribution in [3.8, 4) is 0 Å². The molecule has 0 aliphatic rings. The summed E-state index contributed by atoms with van der Waals surface area (Å²) in [6.45, 7) is 4.61. The molecule has 0 aromatic heterocycles. The van der Waals surface area contributed by atoms with Crippen LogP contribution >= 0.6 is 0 Å². The van der Waals surface area contributed by atoms with Crippen molar-refractivity contribution in [2.45, 2.75) is 116 Å². The lowest BCUT2D eigenvalue weighted by Gasteiger charge is -2.36. The lowest BCUT2D eigenvalue weighted by Crippen LogP contribution is -2.28. The highest BCUT2D eigenvalue weighted by Crippen LogP contribution is 2.42. The molecule has 0 aliphatic carbocycles. The van der Waals surface area contributed by atoms with Crippen LogP contribution in [0.1, 0.15) is 121 Å². The van der Waals surface area contributed by atoms with Gasteiger partial charge >= 0.3 is 0 Å². The van der Waals surface area contributed by atoms with Crippen LogP contribution in [0.4, 0.5) is 0 Å². The van der Waals surface area contributed by atoms with Gasteiger partial charge in [-0.1, -0.05) is 158 Å². The first-order valence-electron chi connectivity index (χ1n) is 12.9. The molecule has 0 saturated heterocycles. The Kier molecular flexibility index (Phi) is 12.6. The molecule has 0 N–H and O–H groups in total. The summed E-state index contributed by atoms with van der Waals surface area (Å²) < 4.78 is 0. The fourth-order valence-corrected chi connectivity index (χ4v) is 4.97. The van der Waals surface area contributed by atoms with Crippen LogP contribution in [0.5, 0.6) is 0 Å². The molecule has 0 radical (unpaired) electrons. The van der Waals surface area contributed by atoms with Crippen molar-refractivity contribution in [3.05, 3.63) is 71.8 Å². The van der Waals surface area contributed by atoms with Gasteiger partial charge in [-0.15, -0.1) is 0 Å². The third-order valence-electron chi connectivity index (χ3n) is 6.82. The van der Waals surface area contributed by atoms with Gasteiger partial charge < -0.3 is 0 Å². The lowest BCUT2D eigenvalue weighted by atomic mass is 9.68. The van der Waals surface area contributed by atoms with Crippen molar-refractivity contribution in [1.29, 1.82) is 0 Å². The van der Waals surface area contributed by atoms with E-state index in [0.717, 1.165) is 0 Å². The van der Waals surface area contributed by atoms with Crippen LogP contribution < -0.4 is 0 Å². The maximum Gasteiger partial charge on any atom is 0.0202 e. The van der Waals surface area contributed by atoms with E-state index in [9.17, 15) is 0 Å². The number of hydrogen-bond donors (Lipinski definition) is 0. The molecule has 0 heteroatoms. The molecule has 0 aliphatic heterocycles. The average Bonchev–Trinajstić information content (AvgIpc) is 2.80. The smallest absolute Gasteiger partial charge is 0.0202 e. The number of benzene rings is 2. The second kappa shape index (κ2) is 15.3. The predicted octanol–water partition coefficient (Wildman–Crippen LogP) is 9.86. The number of rotatable bonds is 17.